The predicted octanol–water partition coefficient (Wildman–Crippen LogP) is 8.51. The minimum Gasteiger partial charge on any atom is -0.456 e. The van der Waals surface area contributed by atoms with E-state index in [0.29, 0.717) is 0 Å². The van der Waals surface area contributed by atoms with E-state index in [4.69, 9.17) is 4.42 Å². The smallest absolute Gasteiger partial charge is 0.247 e. The number of furan rings is 1. The first-order valence-corrected chi connectivity index (χ1v) is 16.0. The molecule has 0 atom stereocenters. The summed E-state index contributed by atoms with van der Waals surface area (Å²) in [7, 11) is 0. The van der Waals surface area contributed by atoms with Crippen LogP contribution in [0.3, 0.4) is 0 Å². The van der Waals surface area contributed by atoms with Crippen LogP contribution in [-0.4, -0.2) is 15.7 Å². The van der Waals surface area contributed by atoms with Crippen LogP contribution in [0.2, 0.25) is 0 Å². The van der Waals surface area contributed by atoms with Crippen molar-refractivity contribution in [1.82, 2.24) is 8.97 Å². The summed E-state index contributed by atoms with van der Waals surface area (Å²) >= 11 is 0. The minimum absolute atomic E-state index is 0.0524. The van der Waals surface area contributed by atoms with Crippen molar-refractivity contribution in [2.75, 3.05) is 0 Å². The number of para-hydroxylation sites is 2. The molecule has 6 aromatic carbocycles. The molecular weight excluding hydrogens is 547 g/mol. The molecular formula is C41H31BN2O. The maximum atomic E-state index is 6.53. The third-order valence-corrected chi connectivity index (χ3v) is 9.90. The molecule has 0 spiro atoms. The number of benzene rings is 6. The molecule has 10 rings (SSSR count). The zero-order chi connectivity index (χ0) is 30.0. The van der Waals surface area contributed by atoms with E-state index in [2.05, 4.69) is 151 Å². The van der Waals surface area contributed by atoms with Crippen LogP contribution in [0.25, 0.3) is 66.0 Å². The Morgan fingerprint density at radius 1 is 0.644 bits per heavy atom. The van der Waals surface area contributed by atoms with Gasteiger partial charge in [0.2, 0.25) is 6.71 Å². The van der Waals surface area contributed by atoms with Crippen LogP contribution in [-0.2, 0) is 6.42 Å². The molecule has 0 N–H and O–H groups in total. The van der Waals surface area contributed by atoms with Crippen molar-refractivity contribution in [3.8, 4) is 5.69 Å². The van der Waals surface area contributed by atoms with Crippen molar-refractivity contribution >= 4 is 83.4 Å². The fourth-order valence-electron chi connectivity index (χ4n) is 8.30. The Labute approximate surface area is 261 Å². The Kier molecular flexibility index (Phi) is 4.86. The lowest BCUT2D eigenvalue weighted by Gasteiger charge is -2.32. The second-order valence-corrected chi connectivity index (χ2v) is 13.9. The fraction of sp³-hybridized carbons (Fsp3) is 0.122. The van der Waals surface area contributed by atoms with E-state index >= 15 is 0 Å². The average molecular weight is 579 g/mol. The van der Waals surface area contributed by atoms with Gasteiger partial charge in [-0.2, -0.15) is 0 Å². The van der Waals surface area contributed by atoms with E-state index in [-0.39, 0.29) is 12.1 Å². The van der Waals surface area contributed by atoms with Gasteiger partial charge in [0.15, 0.2) is 0 Å². The summed E-state index contributed by atoms with van der Waals surface area (Å²) in [5, 5.41) is 6.29. The molecule has 9 aromatic rings. The second kappa shape index (κ2) is 8.70. The Hall–Kier alpha value is -5.22. The van der Waals surface area contributed by atoms with Gasteiger partial charge in [0.25, 0.3) is 0 Å². The summed E-state index contributed by atoms with van der Waals surface area (Å²) in [4.78, 5) is 0. The molecule has 214 valence electrons. The van der Waals surface area contributed by atoms with Gasteiger partial charge in [-0.05, 0) is 58.5 Å². The highest BCUT2D eigenvalue weighted by Crippen LogP contribution is 2.41. The molecule has 0 fully saturated rings. The van der Waals surface area contributed by atoms with Gasteiger partial charge >= 0.3 is 0 Å². The van der Waals surface area contributed by atoms with E-state index in [9.17, 15) is 0 Å². The Morgan fingerprint density at radius 3 is 2.24 bits per heavy atom. The predicted molar refractivity (Wildman–Crippen MR) is 191 cm³/mol. The lowest BCUT2D eigenvalue weighted by molar-refractivity contribution is 0.413. The first-order valence-electron chi connectivity index (χ1n) is 16.0. The quantitative estimate of drug-likeness (QED) is 0.189. The van der Waals surface area contributed by atoms with Crippen LogP contribution < -0.4 is 16.4 Å². The summed E-state index contributed by atoms with van der Waals surface area (Å²) in [6.07, 6.45) is 0.966. The average Bonchev–Trinajstić information content (AvgIpc) is 3.59. The van der Waals surface area contributed by atoms with Gasteiger partial charge in [-0.15, -0.1) is 0 Å². The molecule has 0 aliphatic carbocycles. The number of rotatable bonds is 2. The van der Waals surface area contributed by atoms with Gasteiger partial charge in [0.1, 0.15) is 16.8 Å². The van der Waals surface area contributed by atoms with Crippen LogP contribution in [0.15, 0.2) is 126 Å². The van der Waals surface area contributed by atoms with Crippen LogP contribution in [0.4, 0.5) is 0 Å². The highest BCUT2D eigenvalue weighted by atomic mass is 16.3. The van der Waals surface area contributed by atoms with E-state index in [1.54, 1.807) is 0 Å². The highest BCUT2D eigenvalue weighted by Gasteiger charge is 2.37. The summed E-state index contributed by atoms with van der Waals surface area (Å²) < 4.78 is 11.7. The molecule has 4 heterocycles. The molecule has 1 aliphatic heterocycles. The van der Waals surface area contributed by atoms with Crippen molar-refractivity contribution in [3.05, 3.63) is 127 Å². The topological polar surface area (TPSA) is 22.5 Å². The van der Waals surface area contributed by atoms with Gasteiger partial charge in [0, 0.05) is 32.8 Å². The second-order valence-electron chi connectivity index (χ2n) is 13.9. The molecule has 0 saturated heterocycles. The van der Waals surface area contributed by atoms with Gasteiger partial charge in [-0.1, -0.05) is 117 Å². The first-order chi connectivity index (χ1) is 22.0. The number of hydrogen-bond donors (Lipinski definition) is 0. The molecule has 3 nitrogen and oxygen atoms in total. The van der Waals surface area contributed by atoms with E-state index in [1.165, 1.54) is 76.8 Å². The Bertz CT molecular complexity index is 2670. The third-order valence-electron chi connectivity index (χ3n) is 9.90. The molecule has 0 saturated carbocycles. The Balaban J connectivity index is 1.52. The molecule has 3 aromatic heterocycles. The van der Waals surface area contributed by atoms with E-state index < -0.39 is 0 Å². The maximum absolute atomic E-state index is 6.53. The SMILES string of the molecule is CC(C)(C)Cc1c2ccccc2n2c3cccc4ccc5c(c43)n(c12)-c1ccc2oc3ccccc3c2c1B5c1ccccc1. The van der Waals surface area contributed by atoms with Crippen LogP contribution >= 0.6 is 0 Å². The van der Waals surface area contributed by atoms with Gasteiger partial charge in [-0.25, -0.2) is 0 Å². The maximum Gasteiger partial charge on any atom is 0.247 e. The summed E-state index contributed by atoms with van der Waals surface area (Å²) in [6.45, 7) is 7.11. The number of hydrogen-bond acceptors (Lipinski definition) is 1. The van der Waals surface area contributed by atoms with Crippen LogP contribution in [0.5, 0.6) is 0 Å². The highest BCUT2D eigenvalue weighted by molar-refractivity contribution is 6.99. The standard InChI is InChI=1S/C41H31BN2O/c1-41(2,3)24-29-27-15-7-9-17-31(27)43-32-18-11-12-25-20-21-30-39(36(25)32)44(40(29)43)33-22-23-35-37(28-16-8-10-19-34(28)45-35)38(33)42(30)26-13-5-4-6-14-26/h4-23H,24H2,1-3H3. The van der Waals surface area contributed by atoms with Crippen molar-refractivity contribution in [3.63, 3.8) is 0 Å². The lowest BCUT2D eigenvalue weighted by Crippen LogP contribution is -2.56. The number of nitrogens with zero attached hydrogens (tertiary/aromatic N) is 2. The first kappa shape index (κ1) is 25.1. The van der Waals surface area contributed by atoms with Crippen LogP contribution in [0.1, 0.15) is 26.3 Å². The Morgan fingerprint density at radius 2 is 1.40 bits per heavy atom. The number of fused-ring (bicyclic) bond motifs is 11. The summed E-state index contributed by atoms with van der Waals surface area (Å²) in [6, 6.07) is 44.6. The zero-order valence-electron chi connectivity index (χ0n) is 25.6. The lowest BCUT2D eigenvalue weighted by atomic mass is 9.35. The largest absolute Gasteiger partial charge is 0.456 e. The van der Waals surface area contributed by atoms with Gasteiger partial charge in [0.05, 0.1) is 16.6 Å². The zero-order valence-corrected chi connectivity index (χ0v) is 25.6. The van der Waals surface area contributed by atoms with E-state index in [0.717, 1.165) is 17.6 Å². The molecule has 0 bridgehead atoms. The third kappa shape index (κ3) is 3.32. The van der Waals surface area contributed by atoms with Gasteiger partial charge < -0.3 is 4.42 Å². The molecule has 0 amide bonds. The molecule has 1 aliphatic rings. The summed E-state index contributed by atoms with van der Waals surface area (Å²) in [5.41, 5.74) is 13.6. The summed E-state index contributed by atoms with van der Waals surface area (Å²) in [5.74, 6) is 0. The normalized spacial score (nSPS) is 13.3. The minimum atomic E-state index is 0.0524. The van der Waals surface area contributed by atoms with Gasteiger partial charge in [-0.3, -0.25) is 8.97 Å². The monoisotopic (exact) mass is 578 g/mol. The molecule has 45 heavy (non-hydrogen) atoms. The van der Waals surface area contributed by atoms with Crippen molar-refractivity contribution in [2.24, 2.45) is 5.41 Å². The number of aromatic nitrogens is 2. The molecule has 4 heteroatoms. The molecule has 0 radical (unpaired) electrons. The fourth-order valence-corrected chi connectivity index (χ4v) is 8.30. The van der Waals surface area contributed by atoms with Crippen molar-refractivity contribution in [1.29, 1.82) is 0 Å². The van der Waals surface area contributed by atoms with E-state index in [1.807, 2.05) is 0 Å². The van der Waals surface area contributed by atoms with Crippen molar-refractivity contribution < 1.29 is 4.42 Å². The van der Waals surface area contributed by atoms with Crippen molar-refractivity contribution in [2.45, 2.75) is 27.2 Å². The van der Waals surface area contributed by atoms with Crippen LogP contribution in [0, 0.1) is 5.41 Å². The molecule has 0 unspecified atom stereocenters.